The second kappa shape index (κ2) is 5.97. The van der Waals surface area contributed by atoms with E-state index in [1.807, 2.05) is 13.8 Å². The summed E-state index contributed by atoms with van der Waals surface area (Å²) in [6.45, 7) is 3.80. The van der Waals surface area contributed by atoms with E-state index in [1.54, 1.807) is 0 Å². The van der Waals surface area contributed by atoms with Gasteiger partial charge in [0.2, 0.25) is 5.82 Å². The minimum atomic E-state index is -1.04. The van der Waals surface area contributed by atoms with E-state index in [4.69, 9.17) is 5.11 Å². The van der Waals surface area contributed by atoms with Crippen molar-refractivity contribution in [3.63, 3.8) is 0 Å². The van der Waals surface area contributed by atoms with Gasteiger partial charge in [-0.1, -0.05) is 13.8 Å². The number of nitrogens with zero attached hydrogens (tertiary/aromatic N) is 3. The van der Waals surface area contributed by atoms with Crippen molar-refractivity contribution < 1.29 is 14.7 Å². The highest BCUT2D eigenvalue weighted by Gasteiger charge is 2.21. The number of amides is 1. The molecule has 7 heteroatoms. The smallest absolute Gasteiger partial charge is 0.323 e. The number of hydrogen-bond donors (Lipinski definition) is 2. The molecule has 0 aliphatic rings. The summed E-state index contributed by atoms with van der Waals surface area (Å²) in [4.78, 5) is 27.8. The number of aromatic nitrogens is 3. The predicted molar refractivity (Wildman–Crippen MR) is 59.6 cm³/mol. The van der Waals surface area contributed by atoms with Crippen molar-refractivity contribution in [2.75, 3.05) is 13.1 Å². The molecule has 1 aromatic heterocycles. The third-order valence-electron chi connectivity index (χ3n) is 2.16. The molecule has 0 saturated carbocycles. The summed E-state index contributed by atoms with van der Waals surface area (Å²) in [6, 6.07) is 0. The molecule has 0 spiro atoms. The number of aliphatic carboxylic acids is 1. The highest BCUT2D eigenvalue weighted by Crippen LogP contribution is 2.01. The molecule has 2 N–H and O–H groups in total. The number of carbonyl (C=O) groups is 2. The molecule has 0 aliphatic carbocycles. The number of carboxylic acids is 1. The molecule has 1 amide bonds. The van der Waals surface area contributed by atoms with Crippen LogP contribution in [0.25, 0.3) is 0 Å². The molecule has 1 rings (SSSR count). The van der Waals surface area contributed by atoms with E-state index in [1.165, 1.54) is 4.90 Å². The van der Waals surface area contributed by atoms with E-state index in [2.05, 4.69) is 15.2 Å². The quantitative estimate of drug-likeness (QED) is 0.745. The number of carbonyl (C=O) groups excluding carboxylic acids is 1. The maximum atomic E-state index is 11.9. The Hall–Kier alpha value is -1.92. The number of H-pyrrole nitrogens is 1. The summed E-state index contributed by atoms with van der Waals surface area (Å²) in [6.07, 6.45) is 1.33. The Bertz CT molecular complexity index is 402. The normalized spacial score (nSPS) is 10.2. The molecule has 94 valence electrons. The van der Waals surface area contributed by atoms with Crippen LogP contribution in [-0.2, 0) is 11.2 Å². The van der Waals surface area contributed by atoms with Crippen molar-refractivity contribution in [3.05, 3.63) is 11.6 Å². The summed E-state index contributed by atoms with van der Waals surface area (Å²) >= 11 is 0. The molecule has 0 atom stereocenters. The van der Waals surface area contributed by atoms with E-state index in [9.17, 15) is 9.59 Å². The molecule has 1 aromatic rings. The Labute approximate surface area is 98.8 Å². The van der Waals surface area contributed by atoms with Gasteiger partial charge in [0.05, 0.1) is 0 Å². The van der Waals surface area contributed by atoms with Gasteiger partial charge in [-0.2, -0.15) is 0 Å². The van der Waals surface area contributed by atoms with Gasteiger partial charge in [0.15, 0.2) is 0 Å². The number of aryl methyl sites for hydroxylation is 1. The first-order valence-corrected chi connectivity index (χ1v) is 5.50. The summed E-state index contributed by atoms with van der Waals surface area (Å²) in [7, 11) is 0. The number of nitrogens with one attached hydrogen (secondary N) is 1. The van der Waals surface area contributed by atoms with Gasteiger partial charge in [-0.15, -0.1) is 5.10 Å². The van der Waals surface area contributed by atoms with Gasteiger partial charge in [0.1, 0.15) is 12.4 Å². The zero-order valence-electron chi connectivity index (χ0n) is 9.93. The lowest BCUT2D eigenvalue weighted by Crippen LogP contribution is -2.36. The van der Waals surface area contributed by atoms with E-state index >= 15 is 0 Å². The fraction of sp³-hybridized carbons (Fsp3) is 0.600. The highest BCUT2D eigenvalue weighted by molar-refractivity contribution is 5.92. The first kappa shape index (κ1) is 13.1. The topological polar surface area (TPSA) is 99.2 Å². The van der Waals surface area contributed by atoms with Crippen molar-refractivity contribution in [1.29, 1.82) is 0 Å². The average molecular weight is 240 g/mol. The number of rotatable bonds is 6. The molecule has 0 bridgehead atoms. The minimum absolute atomic E-state index is 0.0246. The van der Waals surface area contributed by atoms with Crippen molar-refractivity contribution in [3.8, 4) is 0 Å². The molecule has 17 heavy (non-hydrogen) atoms. The molecule has 0 unspecified atom stereocenters. The first-order chi connectivity index (χ1) is 8.08. The van der Waals surface area contributed by atoms with Gasteiger partial charge in [-0.3, -0.25) is 14.7 Å². The van der Waals surface area contributed by atoms with Crippen LogP contribution in [0.3, 0.4) is 0 Å². The fourth-order valence-corrected chi connectivity index (χ4v) is 1.38. The molecular formula is C10H16N4O3. The third kappa shape index (κ3) is 3.54. The van der Waals surface area contributed by atoms with Crippen LogP contribution in [0.4, 0.5) is 0 Å². The standard InChI is InChI=1S/C10H16N4O3/c1-3-5-14(6-8(15)16)10(17)9-11-7(4-2)12-13-9/h3-6H2,1-2H3,(H,15,16)(H,11,12,13). The minimum Gasteiger partial charge on any atom is -0.480 e. The van der Waals surface area contributed by atoms with Crippen LogP contribution in [0.5, 0.6) is 0 Å². The summed E-state index contributed by atoms with van der Waals surface area (Å²) in [5, 5.41) is 15.1. The molecule has 0 aliphatic heterocycles. The molecule has 7 nitrogen and oxygen atoms in total. The third-order valence-corrected chi connectivity index (χ3v) is 2.16. The monoisotopic (exact) mass is 240 g/mol. The van der Waals surface area contributed by atoms with Crippen LogP contribution in [0.15, 0.2) is 0 Å². The van der Waals surface area contributed by atoms with E-state index in [0.717, 1.165) is 0 Å². The van der Waals surface area contributed by atoms with Crippen molar-refractivity contribution >= 4 is 11.9 Å². The maximum absolute atomic E-state index is 11.9. The van der Waals surface area contributed by atoms with Crippen LogP contribution in [0.1, 0.15) is 36.7 Å². The Kier molecular flexibility index (Phi) is 4.62. The highest BCUT2D eigenvalue weighted by atomic mass is 16.4. The lowest BCUT2D eigenvalue weighted by atomic mass is 10.3. The summed E-state index contributed by atoms with van der Waals surface area (Å²) in [5.74, 6) is -0.861. The van der Waals surface area contributed by atoms with Crippen LogP contribution in [0.2, 0.25) is 0 Å². The van der Waals surface area contributed by atoms with Crippen LogP contribution in [0, 0.1) is 0 Å². The van der Waals surface area contributed by atoms with Gasteiger partial charge >= 0.3 is 5.97 Å². The zero-order chi connectivity index (χ0) is 12.8. The lowest BCUT2D eigenvalue weighted by Gasteiger charge is -2.17. The lowest BCUT2D eigenvalue weighted by molar-refractivity contribution is -0.137. The van der Waals surface area contributed by atoms with Gasteiger partial charge in [-0.05, 0) is 6.42 Å². The molecule has 0 aromatic carbocycles. The zero-order valence-corrected chi connectivity index (χ0v) is 9.93. The van der Waals surface area contributed by atoms with Gasteiger partial charge in [-0.25, -0.2) is 4.98 Å². The van der Waals surface area contributed by atoms with Crippen LogP contribution in [-0.4, -0.2) is 50.2 Å². The van der Waals surface area contributed by atoms with Crippen LogP contribution < -0.4 is 0 Å². The Balaban J connectivity index is 2.79. The second-order valence-electron chi connectivity index (χ2n) is 3.58. The Morgan fingerprint density at radius 2 is 2.12 bits per heavy atom. The summed E-state index contributed by atoms with van der Waals surface area (Å²) < 4.78 is 0. The van der Waals surface area contributed by atoms with E-state index in [0.29, 0.717) is 25.2 Å². The SMILES string of the molecule is CCCN(CC(=O)O)C(=O)c1n[nH]c(CC)n1. The van der Waals surface area contributed by atoms with Gasteiger partial charge in [0, 0.05) is 13.0 Å². The predicted octanol–water partition coefficient (Wildman–Crippen LogP) is 0.304. The second-order valence-corrected chi connectivity index (χ2v) is 3.58. The molecular weight excluding hydrogens is 224 g/mol. The van der Waals surface area contributed by atoms with Gasteiger partial charge in [0.25, 0.3) is 5.91 Å². The van der Waals surface area contributed by atoms with Crippen molar-refractivity contribution in [2.45, 2.75) is 26.7 Å². The molecule has 1 heterocycles. The maximum Gasteiger partial charge on any atom is 0.323 e. The number of hydrogen-bond acceptors (Lipinski definition) is 4. The molecule has 0 fully saturated rings. The number of carboxylic acid groups (broad SMARTS) is 1. The fourth-order valence-electron chi connectivity index (χ4n) is 1.38. The molecule has 0 saturated heterocycles. The van der Waals surface area contributed by atoms with E-state index < -0.39 is 11.9 Å². The number of aromatic amines is 1. The largest absolute Gasteiger partial charge is 0.480 e. The first-order valence-electron chi connectivity index (χ1n) is 5.50. The summed E-state index contributed by atoms with van der Waals surface area (Å²) in [5.41, 5.74) is 0. The van der Waals surface area contributed by atoms with Crippen molar-refractivity contribution in [1.82, 2.24) is 20.1 Å². The molecule has 0 radical (unpaired) electrons. The van der Waals surface area contributed by atoms with Gasteiger partial charge < -0.3 is 10.0 Å². The van der Waals surface area contributed by atoms with E-state index in [-0.39, 0.29) is 12.4 Å². The van der Waals surface area contributed by atoms with Crippen LogP contribution >= 0.6 is 0 Å². The van der Waals surface area contributed by atoms with Crippen molar-refractivity contribution in [2.24, 2.45) is 0 Å². The Morgan fingerprint density at radius 3 is 2.59 bits per heavy atom. The average Bonchev–Trinajstić information content (AvgIpc) is 2.75. The Morgan fingerprint density at radius 1 is 1.41 bits per heavy atom.